The second-order valence-electron chi connectivity index (χ2n) is 15.9. The van der Waals surface area contributed by atoms with Crippen LogP contribution in [0.2, 0.25) is 0 Å². The molecule has 2 fully saturated rings. The lowest BCUT2D eigenvalue weighted by atomic mass is 9.84. The number of aliphatic hydroxyl groups excluding tert-OH is 1. The lowest BCUT2D eigenvalue weighted by molar-refractivity contribution is -0.151. The molecule has 0 unspecified atom stereocenters. The number of nitrogens with zero attached hydrogens (tertiary/aromatic N) is 2. The first-order valence-corrected chi connectivity index (χ1v) is 25.6. The van der Waals surface area contributed by atoms with E-state index in [1.54, 1.807) is 40.9 Å². The fraction of sp³-hybridized carbons (Fsp3) is 0.453. The first-order valence-electron chi connectivity index (χ1n) is 23.0. The van der Waals surface area contributed by atoms with Crippen molar-refractivity contribution in [2.75, 3.05) is 65.7 Å². The van der Waals surface area contributed by atoms with Crippen LogP contribution in [0.1, 0.15) is 92.0 Å². The number of benzene rings is 2. The van der Waals surface area contributed by atoms with E-state index in [0.717, 1.165) is 76.2 Å². The van der Waals surface area contributed by atoms with Crippen LogP contribution in [-0.4, -0.2) is 98.5 Å². The molecule has 3 aliphatic heterocycles. The van der Waals surface area contributed by atoms with Gasteiger partial charge in [-0.25, -0.2) is 4.79 Å². The van der Waals surface area contributed by atoms with E-state index in [2.05, 4.69) is 104 Å². The van der Waals surface area contributed by atoms with Crippen LogP contribution in [0.4, 0.5) is 0 Å². The Kier molecular flexibility index (Phi) is 24.6. The Morgan fingerprint density at radius 2 is 1.18 bits per heavy atom. The SMILES string of the molecule is C.CCO.CCOC(=O)C1=C(c2cccs2)CCN(Cc2ccccc2)C1.CCOC(=O)[C@@H]1CN(Cc2ccccc2)CC[C@@H]1c1cccs1.CCOC(=O)[C@@H]1CNCC[C@@H]1c1cccs1. The Morgan fingerprint density at radius 1 is 0.652 bits per heavy atom. The fourth-order valence-electron chi connectivity index (χ4n) is 8.46. The van der Waals surface area contributed by atoms with Crippen molar-refractivity contribution in [1.29, 1.82) is 0 Å². The molecule has 0 spiro atoms. The van der Waals surface area contributed by atoms with Crippen LogP contribution in [0.3, 0.4) is 0 Å². The molecule has 3 aromatic heterocycles. The van der Waals surface area contributed by atoms with Crippen LogP contribution in [-0.2, 0) is 41.7 Å². The molecule has 13 heteroatoms. The second kappa shape index (κ2) is 30.0. The summed E-state index contributed by atoms with van der Waals surface area (Å²) < 4.78 is 15.8. The molecule has 0 bridgehead atoms. The summed E-state index contributed by atoms with van der Waals surface area (Å²) in [5, 5.41) is 17.1. The summed E-state index contributed by atoms with van der Waals surface area (Å²) in [6.45, 7) is 15.7. The second-order valence-corrected chi connectivity index (χ2v) is 18.8. The summed E-state index contributed by atoms with van der Waals surface area (Å²) in [6, 6.07) is 33.3. The summed E-state index contributed by atoms with van der Waals surface area (Å²) in [5.74, 6) is 0.255. The third kappa shape index (κ3) is 16.7. The Morgan fingerprint density at radius 3 is 1.71 bits per heavy atom. The number of piperidine rings is 2. The molecule has 0 amide bonds. The quantitative estimate of drug-likeness (QED) is 0.0873. The van der Waals surface area contributed by atoms with Gasteiger partial charge in [0, 0.05) is 72.3 Å². The van der Waals surface area contributed by atoms with Crippen molar-refractivity contribution in [3.05, 3.63) is 145 Å². The molecular weight excluding hydrogens is 887 g/mol. The van der Waals surface area contributed by atoms with Gasteiger partial charge in [-0.05, 0) is 111 Å². The maximum Gasteiger partial charge on any atom is 0.335 e. The highest BCUT2D eigenvalue weighted by molar-refractivity contribution is 7.11. The van der Waals surface area contributed by atoms with Gasteiger partial charge in [-0.1, -0.05) is 86.3 Å². The van der Waals surface area contributed by atoms with Crippen LogP contribution in [0, 0.1) is 11.8 Å². The molecule has 2 N–H and O–H groups in total. The molecule has 3 aliphatic rings. The van der Waals surface area contributed by atoms with Crippen molar-refractivity contribution in [3.63, 3.8) is 0 Å². The average Bonchev–Trinajstić information content (AvgIpc) is 4.17. The maximum atomic E-state index is 12.5. The summed E-state index contributed by atoms with van der Waals surface area (Å²) in [5.41, 5.74) is 4.54. The highest BCUT2D eigenvalue weighted by Gasteiger charge is 2.37. The van der Waals surface area contributed by atoms with Gasteiger partial charge < -0.3 is 24.6 Å². The standard InChI is InChI=1S/C19H23NO2S.C19H21NO2S.C12H17NO2S.C2H6O.CH4/c2*1-2-22-19(21)17-14-20(13-15-7-4-3-5-8-15)11-10-16(17)18-9-6-12-23-18;1-2-15-12(14)10-8-13-6-5-9(10)11-4-3-7-16-11;1-2-3;/h3-9,12,16-17H,2,10-11,13-14H2,1H3;3-9,12H,2,10-11,13-14H2,1H3;3-4,7,9-10,13H,2,5-6,8H2,1H3;3H,2H2,1H3;1H4/t16-,17+;;9-,10+;;/m0.0../s1. The summed E-state index contributed by atoms with van der Waals surface area (Å²) in [7, 11) is 0. The molecule has 6 heterocycles. The van der Waals surface area contributed by atoms with E-state index in [-0.39, 0.29) is 43.8 Å². The molecule has 8 rings (SSSR count). The predicted molar refractivity (Wildman–Crippen MR) is 272 cm³/mol. The molecule has 358 valence electrons. The number of hydrogen-bond acceptors (Lipinski definition) is 13. The zero-order valence-corrected chi connectivity index (χ0v) is 40.9. The molecule has 0 aliphatic carbocycles. The molecule has 0 saturated carbocycles. The fourth-order valence-corrected chi connectivity index (χ4v) is 11.1. The monoisotopic (exact) mass is 957 g/mol. The molecule has 4 atom stereocenters. The van der Waals surface area contributed by atoms with Gasteiger partial charge in [0.1, 0.15) is 0 Å². The van der Waals surface area contributed by atoms with E-state index >= 15 is 0 Å². The molecule has 10 nitrogen and oxygen atoms in total. The first-order chi connectivity index (χ1) is 31.8. The van der Waals surface area contributed by atoms with Crippen molar-refractivity contribution < 1.29 is 33.7 Å². The number of rotatable bonds is 13. The van der Waals surface area contributed by atoms with Crippen LogP contribution in [0.5, 0.6) is 0 Å². The number of esters is 3. The average molecular weight is 958 g/mol. The number of aliphatic hydroxyl groups is 1. The Bertz CT molecular complexity index is 2110. The first kappa shape index (κ1) is 54.1. The van der Waals surface area contributed by atoms with E-state index < -0.39 is 0 Å². The van der Waals surface area contributed by atoms with E-state index in [4.69, 9.17) is 19.3 Å². The van der Waals surface area contributed by atoms with E-state index in [0.29, 0.717) is 38.2 Å². The summed E-state index contributed by atoms with van der Waals surface area (Å²) in [6.07, 6.45) is 2.92. The van der Waals surface area contributed by atoms with Gasteiger partial charge in [0.2, 0.25) is 0 Å². The number of hydrogen-bond donors (Lipinski definition) is 2. The van der Waals surface area contributed by atoms with E-state index in [1.165, 1.54) is 25.8 Å². The molecule has 2 aromatic carbocycles. The van der Waals surface area contributed by atoms with Gasteiger partial charge in [0.05, 0.1) is 37.2 Å². The third-order valence-corrected chi connectivity index (χ3v) is 14.4. The van der Waals surface area contributed by atoms with Crippen molar-refractivity contribution in [3.8, 4) is 0 Å². The van der Waals surface area contributed by atoms with E-state index in [1.807, 2.05) is 45.0 Å². The van der Waals surface area contributed by atoms with Crippen LogP contribution >= 0.6 is 34.0 Å². The molecule has 5 aromatic rings. The van der Waals surface area contributed by atoms with Crippen molar-refractivity contribution in [1.82, 2.24) is 15.1 Å². The molecule has 0 radical (unpaired) electrons. The predicted octanol–water partition coefficient (Wildman–Crippen LogP) is 10.5. The lowest BCUT2D eigenvalue weighted by Crippen LogP contribution is -2.43. The Balaban J connectivity index is 0.000000212. The highest BCUT2D eigenvalue weighted by atomic mass is 32.1. The lowest BCUT2D eigenvalue weighted by Gasteiger charge is -2.37. The normalized spacial score (nSPS) is 19.5. The van der Waals surface area contributed by atoms with Gasteiger partial charge in [0.15, 0.2) is 0 Å². The number of ether oxygens (including phenoxy) is 3. The smallest absolute Gasteiger partial charge is 0.335 e. The number of likely N-dealkylation sites (tertiary alicyclic amines) is 1. The minimum atomic E-state index is -0.173. The van der Waals surface area contributed by atoms with Crippen LogP contribution in [0.25, 0.3) is 5.57 Å². The van der Waals surface area contributed by atoms with Crippen LogP contribution in [0.15, 0.2) is 119 Å². The highest BCUT2D eigenvalue weighted by Crippen LogP contribution is 2.37. The van der Waals surface area contributed by atoms with Gasteiger partial charge in [-0.3, -0.25) is 19.4 Å². The largest absolute Gasteiger partial charge is 0.466 e. The minimum absolute atomic E-state index is 0. The summed E-state index contributed by atoms with van der Waals surface area (Å²) >= 11 is 5.17. The van der Waals surface area contributed by atoms with Crippen molar-refractivity contribution >= 4 is 57.5 Å². The number of thiophene rings is 3. The molecule has 66 heavy (non-hydrogen) atoms. The molecular formula is C53H71N3O7S3. The zero-order chi connectivity index (χ0) is 46.2. The van der Waals surface area contributed by atoms with Crippen LogP contribution < -0.4 is 5.32 Å². The van der Waals surface area contributed by atoms with Gasteiger partial charge in [0.25, 0.3) is 0 Å². The topological polar surface area (TPSA) is 118 Å². The Labute approximate surface area is 405 Å². The van der Waals surface area contributed by atoms with Crippen molar-refractivity contribution in [2.45, 2.75) is 79.3 Å². The van der Waals surface area contributed by atoms with Gasteiger partial charge in [-0.2, -0.15) is 0 Å². The van der Waals surface area contributed by atoms with Gasteiger partial charge >= 0.3 is 17.9 Å². The minimum Gasteiger partial charge on any atom is -0.466 e. The van der Waals surface area contributed by atoms with Crippen molar-refractivity contribution in [2.24, 2.45) is 11.8 Å². The number of carbonyl (C=O) groups excluding carboxylic acids is 3. The number of carbonyl (C=O) groups is 3. The maximum absolute atomic E-state index is 12.5. The van der Waals surface area contributed by atoms with Gasteiger partial charge in [-0.15, -0.1) is 34.0 Å². The summed E-state index contributed by atoms with van der Waals surface area (Å²) in [4.78, 5) is 45.2. The zero-order valence-electron chi connectivity index (χ0n) is 38.4. The number of nitrogens with one attached hydrogen (secondary N) is 1. The molecule has 2 saturated heterocycles. The third-order valence-electron chi connectivity index (χ3n) is 11.4. The Hall–Kier alpha value is -4.47. The van der Waals surface area contributed by atoms with E-state index in [9.17, 15) is 14.4 Å².